The Morgan fingerprint density at radius 1 is 0.938 bits per heavy atom. The van der Waals surface area contributed by atoms with Crippen molar-refractivity contribution in [2.75, 3.05) is 0 Å². The Hall–Kier alpha value is -0.510. The average Bonchev–Trinajstić information content (AvgIpc) is 2.26. The van der Waals surface area contributed by atoms with Gasteiger partial charge in [-0.2, -0.15) is 5.26 Å². The molecule has 0 heterocycles. The van der Waals surface area contributed by atoms with E-state index >= 15 is 0 Å². The zero-order valence-corrected chi connectivity index (χ0v) is 11.0. The molecule has 2 aliphatic carbocycles. The largest absolute Gasteiger partial charge is 0.198 e. The van der Waals surface area contributed by atoms with Crippen LogP contribution in [-0.2, 0) is 0 Å². The number of hydrogen-bond donors (Lipinski definition) is 0. The lowest BCUT2D eigenvalue weighted by atomic mass is 9.60. The van der Waals surface area contributed by atoms with Gasteiger partial charge in [0.15, 0.2) is 0 Å². The van der Waals surface area contributed by atoms with Gasteiger partial charge in [0.2, 0.25) is 0 Å². The Morgan fingerprint density at radius 2 is 1.56 bits per heavy atom. The summed E-state index contributed by atoms with van der Waals surface area (Å²) in [7, 11) is 0. The molecule has 1 nitrogen and oxygen atoms in total. The third kappa shape index (κ3) is 2.42. The van der Waals surface area contributed by atoms with Gasteiger partial charge in [0.1, 0.15) is 0 Å². The van der Waals surface area contributed by atoms with Crippen molar-refractivity contribution in [1.29, 1.82) is 5.26 Å². The predicted molar refractivity (Wildman–Crippen MR) is 66.7 cm³/mol. The van der Waals surface area contributed by atoms with Crippen molar-refractivity contribution in [2.45, 2.75) is 59.3 Å². The first kappa shape index (κ1) is 12.0. The molecule has 2 aliphatic rings. The van der Waals surface area contributed by atoms with Crippen LogP contribution < -0.4 is 0 Å². The first-order valence-electron chi connectivity index (χ1n) is 6.90. The van der Waals surface area contributed by atoms with Gasteiger partial charge in [0.25, 0.3) is 0 Å². The number of rotatable bonds is 0. The second-order valence-corrected chi connectivity index (χ2v) is 7.04. The lowest BCUT2D eigenvalue weighted by molar-refractivity contribution is 0.0624. The van der Waals surface area contributed by atoms with Crippen LogP contribution in [0.25, 0.3) is 0 Å². The second kappa shape index (κ2) is 4.40. The zero-order chi connectivity index (χ0) is 11.8. The minimum absolute atomic E-state index is 0.368. The highest BCUT2D eigenvalue weighted by atomic mass is 14.4. The Bertz CT molecular complexity index is 281. The van der Waals surface area contributed by atoms with Crippen LogP contribution in [0.5, 0.6) is 0 Å². The third-order valence-electron chi connectivity index (χ3n) is 5.02. The molecule has 90 valence electrons. The average molecular weight is 219 g/mol. The van der Waals surface area contributed by atoms with Gasteiger partial charge in [-0.15, -0.1) is 0 Å². The van der Waals surface area contributed by atoms with E-state index in [0.717, 1.165) is 24.2 Å². The zero-order valence-electron chi connectivity index (χ0n) is 11.0. The lowest BCUT2D eigenvalue weighted by Crippen LogP contribution is -2.35. The molecule has 0 radical (unpaired) electrons. The molecule has 16 heavy (non-hydrogen) atoms. The molecule has 2 saturated carbocycles. The van der Waals surface area contributed by atoms with Crippen LogP contribution in [0.3, 0.4) is 0 Å². The lowest BCUT2D eigenvalue weighted by Gasteiger charge is -2.44. The van der Waals surface area contributed by atoms with Crippen molar-refractivity contribution in [3.8, 4) is 6.07 Å². The summed E-state index contributed by atoms with van der Waals surface area (Å²) in [5.41, 5.74) is 0.483. The van der Waals surface area contributed by atoms with Crippen molar-refractivity contribution in [3.63, 3.8) is 0 Å². The molecule has 2 fully saturated rings. The van der Waals surface area contributed by atoms with Crippen molar-refractivity contribution >= 4 is 0 Å². The van der Waals surface area contributed by atoms with Crippen LogP contribution >= 0.6 is 0 Å². The molecule has 0 amide bonds. The summed E-state index contributed by atoms with van der Waals surface area (Å²) in [4.78, 5) is 0. The van der Waals surface area contributed by atoms with Crippen molar-refractivity contribution < 1.29 is 0 Å². The van der Waals surface area contributed by atoms with Crippen LogP contribution in [0.2, 0.25) is 0 Å². The normalized spacial score (nSPS) is 39.9. The maximum Gasteiger partial charge on any atom is 0.0655 e. The topological polar surface area (TPSA) is 23.8 Å². The van der Waals surface area contributed by atoms with E-state index in [4.69, 9.17) is 5.26 Å². The van der Waals surface area contributed by atoms with E-state index in [1.807, 2.05) is 0 Å². The van der Waals surface area contributed by atoms with E-state index in [9.17, 15) is 0 Å². The highest BCUT2D eigenvalue weighted by molar-refractivity contribution is 4.94. The van der Waals surface area contributed by atoms with Gasteiger partial charge in [0, 0.05) is 5.92 Å². The Balaban J connectivity index is 1.96. The number of hydrogen-bond acceptors (Lipinski definition) is 1. The molecule has 0 aliphatic heterocycles. The smallest absolute Gasteiger partial charge is 0.0655 e. The minimum Gasteiger partial charge on any atom is -0.198 e. The second-order valence-electron chi connectivity index (χ2n) is 7.04. The third-order valence-corrected chi connectivity index (χ3v) is 5.02. The summed E-state index contributed by atoms with van der Waals surface area (Å²) in [5, 5.41) is 9.01. The van der Waals surface area contributed by atoms with E-state index in [0.29, 0.717) is 11.3 Å². The first-order chi connectivity index (χ1) is 7.50. The van der Waals surface area contributed by atoms with E-state index in [1.165, 1.54) is 32.1 Å². The van der Waals surface area contributed by atoms with E-state index in [2.05, 4.69) is 26.8 Å². The summed E-state index contributed by atoms with van der Waals surface area (Å²) in [6.07, 6.45) is 7.86. The number of fused-ring (bicyclic) bond motifs is 1. The number of nitriles is 1. The Morgan fingerprint density at radius 3 is 2.19 bits per heavy atom. The summed E-state index contributed by atoms with van der Waals surface area (Å²) >= 11 is 0. The van der Waals surface area contributed by atoms with Gasteiger partial charge in [-0.3, -0.25) is 0 Å². The van der Waals surface area contributed by atoms with Crippen LogP contribution in [-0.4, -0.2) is 0 Å². The van der Waals surface area contributed by atoms with Gasteiger partial charge in [-0.1, -0.05) is 20.8 Å². The molecule has 4 unspecified atom stereocenters. The summed E-state index contributed by atoms with van der Waals surface area (Å²) in [6, 6.07) is 2.48. The monoisotopic (exact) mass is 219 g/mol. The standard InChI is InChI=1S/C15H25N/c1-15(2,3)14-7-6-12-8-11(10-16)4-5-13(12)9-14/h11-14H,4-9H2,1-3H3. The first-order valence-corrected chi connectivity index (χ1v) is 6.90. The van der Waals surface area contributed by atoms with Crippen LogP contribution in [0.15, 0.2) is 0 Å². The van der Waals surface area contributed by atoms with E-state index in [-0.39, 0.29) is 0 Å². The fraction of sp³-hybridized carbons (Fsp3) is 0.933. The summed E-state index contributed by atoms with van der Waals surface area (Å²) < 4.78 is 0. The summed E-state index contributed by atoms with van der Waals surface area (Å²) in [6.45, 7) is 7.16. The summed E-state index contributed by atoms with van der Waals surface area (Å²) in [5.74, 6) is 3.08. The molecule has 0 aromatic rings. The van der Waals surface area contributed by atoms with Crippen molar-refractivity contribution in [2.24, 2.45) is 29.1 Å². The van der Waals surface area contributed by atoms with E-state index in [1.54, 1.807) is 0 Å². The highest BCUT2D eigenvalue weighted by Gasteiger charge is 2.38. The molecule has 0 aromatic heterocycles. The fourth-order valence-corrected chi connectivity index (χ4v) is 3.79. The van der Waals surface area contributed by atoms with Crippen LogP contribution in [0.1, 0.15) is 59.3 Å². The minimum atomic E-state index is 0.368. The highest BCUT2D eigenvalue weighted by Crippen LogP contribution is 2.48. The van der Waals surface area contributed by atoms with Crippen LogP contribution in [0, 0.1) is 40.4 Å². The maximum absolute atomic E-state index is 9.01. The Labute approximate surface area is 100 Å². The van der Waals surface area contributed by atoms with Gasteiger partial charge in [0.05, 0.1) is 6.07 Å². The van der Waals surface area contributed by atoms with Crippen molar-refractivity contribution in [3.05, 3.63) is 0 Å². The molecule has 0 spiro atoms. The molecule has 1 heteroatoms. The molecule has 0 N–H and O–H groups in total. The molecular weight excluding hydrogens is 194 g/mol. The number of nitrogens with zero attached hydrogens (tertiary/aromatic N) is 1. The van der Waals surface area contributed by atoms with Gasteiger partial charge in [-0.05, 0) is 61.7 Å². The Kier molecular flexibility index (Phi) is 3.29. The SMILES string of the molecule is CC(C)(C)C1CCC2CC(C#N)CCC2C1. The van der Waals surface area contributed by atoms with E-state index < -0.39 is 0 Å². The fourth-order valence-electron chi connectivity index (χ4n) is 3.79. The molecule has 0 bridgehead atoms. The molecule has 4 atom stereocenters. The predicted octanol–water partition coefficient (Wildman–Crippen LogP) is 4.39. The maximum atomic E-state index is 9.01. The van der Waals surface area contributed by atoms with Gasteiger partial charge >= 0.3 is 0 Å². The van der Waals surface area contributed by atoms with Gasteiger partial charge < -0.3 is 0 Å². The van der Waals surface area contributed by atoms with Gasteiger partial charge in [-0.25, -0.2) is 0 Å². The van der Waals surface area contributed by atoms with Crippen LogP contribution in [0.4, 0.5) is 0 Å². The molecule has 0 saturated heterocycles. The molecule has 0 aromatic carbocycles. The van der Waals surface area contributed by atoms with Crippen molar-refractivity contribution in [1.82, 2.24) is 0 Å². The quantitative estimate of drug-likeness (QED) is 0.593. The molecular formula is C15H25N. The molecule has 2 rings (SSSR count).